The molecule has 1 unspecified atom stereocenters. The first-order valence-corrected chi connectivity index (χ1v) is 14.7. The molecule has 0 aromatic heterocycles. The van der Waals surface area contributed by atoms with Crippen molar-refractivity contribution in [1.82, 2.24) is 15.5 Å². The molecule has 0 bridgehead atoms. The van der Waals surface area contributed by atoms with Crippen molar-refractivity contribution in [3.63, 3.8) is 0 Å². The van der Waals surface area contributed by atoms with Gasteiger partial charge in [-0.05, 0) is 72.2 Å². The van der Waals surface area contributed by atoms with E-state index in [9.17, 15) is 14.7 Å². The normalized spacial score (nSPS) is 16.9. The molecule has 0 saturated carbocycles. The van der Waals surface area contributed by atoms with Crippen molar-refractivity contribution in [2.75, 3.05) is 12.0 Å². The van der Waals surface area contributed by atoms with Crippen molar-refractivity contribution in [1.29, 1.82) is 0 Å². The number of carboxylic acids is 1. The van der Waals surface area contributed by atoms with Crippen molar-refractivity contribution >= 4 is 29.9 Å². The first kappa shape index (κ1) is 29.1. The zero-order chi connectivity index (χ0) is 28.5. The van der Waals surface area contributed by atoms with E-state index in [0.717, 1.165) is 22.3 Å². The molecule has 4 rings (SSSR count). The Morgan fingerprint density at radius 3 is 2.42 bits per heavy atom. The molecule has 2 atom stereocenters. The molecular formula is C32H36N4O3S. The van der Waals surface area contributed by atoms with Crippen LogP contribution in [-0.4, -0.2) is 51.8 Å². The molecule has 0 spiro atoms. The second kappa shape index (κ2) is 13.5. The molecule has 40 heavy (non-hydrogen) atoms. The Hall–Kier alpha value is -3.88. The van der Waals surface area contributed by atoms with Crippen molar-refractivity contribution in [3.05, 3.63) is 107 Å². The van der Waals surface area contributed by atoms with E-state index in [-0.39, 0.29) is 0 Å². The lowest BCUT2D eigenvalue weighted by Crippen LogP contribution is -2.56. The van der Waals surface area contributed by atoms with Gasteiger partial charge in [0.25, 0.3) is 5.91 Å². The minimum atomic E-state index is -1.03. The minimum Gasteiger partial charge on any atom is -0.480 e. The van der Waals surface area contributed by atoms with E-state index in [1.165, 1.54) is 5.56 Å². The number of aliphatic imine (C=N–C) groups is 1. The van der Waals surface area contributed by atoms with Crippen LogP contribution >= 0.6 is 11.8 Å². The van der Waals surface area contributed by atoms with Crippen LogP contribution in [0, 0.1) is 6.92 Å². The first-order valence-electron chi connectivity index (χ1n) is 13.3. The van der Waals surface area contributed by atoms with Crippen LogP contribution in [0.15, 0.2) is 90.2 Å². The summed E-state index contributed by atoms with van der Waals surface area (Å²) < 4.78 is 0. The summed E-state index contributed by atoms with van der Waals surface area (Å²) >= 11 is 1.55. The van der Waals surface area contributed by atoms with Crippen LogP contribution in [0.4, 0.5) is 0 Å². The molecule has 208 valence electrons. The van der Waals surface area contributed by atoms with Crippen molar-refractivity contribution in [2.45, 2.75) is 45.1 Å². The third-order valence-electron chi connectivity index (χ3n) is 7.09. The molecule has 3 N–H and O–H groups in total. The van der Waals surface area contributed by atoms with Gasteiger partial charge in [-0.25, -0.2) is 4.79 Å². The van der Waals surface area contributed by atoms with Crippen molar-refractivity contribution < 1.29 is 14.7 Å². The van der Waals surface area contributed by atoms with E-state index in [2.05, 4.69) is 39.6 Å². The Kier molecular flexibility index (Phi) is 9.79. The fourth-order valence-electron chi connectivity index (χ4n) is 4.77. The number of carboxylic acid groups (broad SMARTS) is 1. The fraction of sp³-hybridized carbons (Fsp3) is 0.281. The van der Waals surface area contributed by atoms with Gasteiger partial charge < -0.3 is 15.7 Å². The molecule has 0 fully saturated rings. The van der Waals surface area contributed by atoms with Gasteiger partial charge in [-0.2, -0.15) is 11.8 Å². The van der Waals surface area contributed by atoms with E-state index < -0.39 is 23.6 Å². The highest BCUT2D eigenvalue weighted by Gasteiger charge is 2.31. The number of carbonyl (C=O) groups is 2. The lowest BCUT2D eigenvalue weighted by atomic mass is 9.93. The molecule has 3 aromatic rings. The topological polar surface area (TPSA) is 94.0 Å². The first-order chi connectivity index (χ1) is 19.3. The average molecular weight is 557 g/mol. The predicted octanol–water partition coefficient (Wildman–Crippen LogP) is 5.46. The van der Waals surface area contributed by atoms with Crippen LogP contribution in [0.5, 0.6) is 0 Å². The van der Waals surface area contributed by atoms with E-state index in [0.29, 0.717) is 30.8 Å². The summed E-state index contributed by atoms with van der Waals surface area (Å²) in [5.74, 6) is -0.779. The molecule has 0 saturated heterocycles. The van der Waals surface area contributed by atoms with Gasteiger partial charge in [-0.3, -0.25) is 14.7 Å². The standard InChI is InChI=1S/C32H36N4O3S/c1-23-9-7-8-12-26(23)28-19-25(13-14-27(28)30(37)35-29(31(38)39)15-18-40-3)21-36(20-24-10-5-4-6-11-24)32(2)22-33-16-17-34-32/h4-14,16-17,19,22,29,34H,15,18,20-21H2,1-3H3,(H,35,37)(H,38,39)/t29-,32?/m0/s1. The van der Waals surface area contributed by atoms with Crippen LogP contribution < -0.4 is 10.6 Å². The Morgan fingerprint density at radius 1 is 1.02 bits per heavy atom. The smallest absolute Gasteiger partial charge is 0.326 e. The highest BCUT2D eigenvalue weighted by atomic mass is 32.2. The zero-order valence-electron chi connectivity index (χ0n) is 23.1. The van der Waals surface area contributed by atoms with Crippen LogP contribution in [-0.2, 0) is 17.9 Å². The Labute approximate surface area is 240 Å². The molecule has 7 nitrogen and oxygen atoms in total. The summed E-state index contributed by atoms with van der Waals surface area (Å²) in [4.78, 5) is 32.0. The van der Waals surface area contributed by atoms with E-state index in [1.807, 2.05) is 86.3 Å². The van der Waals surface area contributed by atoms with Crippen LogP contribution in [0.25, 0.3) is 11.1 Å². The largest absolute Gasteiger partial charge is 0.480 e. The monoisotopic (exact) mass is 556 g/mol. The van der Waals surface area contributed by atoms with Gasteiger partial charge in [0.15, 0.2) is 0 Å². The summed E-state index contributed by atoms with van der Waals surface area (Å²) in [6.07, 6.45) is 7.76. The van der Waals surface area contributed by atoms with Gasteiger partial charge in [-0.15, -0.1) is 0 Å². The number of rotatable bonds is 12. The molecule has 0 aliphatic carbocycles. The van der Waals surface area contributed by atoms with E-state index >= 15 is 0 Å². The molecule has 1 heterocycles. The summed E-state index contributed by atoms with van der Waals surface area (Å²) in [5, 5.41) is 15.9. The van der Waals surface area contributed by atoms with Crippen LogP contribution in [0.1, 0.15) is 40.4 Å². The number of hydrogen-bond acceptors (Lipinski definition) is 6. The number of carbonyl (C=O) groups excluding carboxylic acids is 1. The number of nitrogens with zero attached hydrogens (tertiary/aromatic N) is 2. The summed E-state index contributed by atoms with van der Waals surface area (Å²) in [7, 11) is 0. The lowest BCUT2D eigenvalue weighted by Gasteiger charge is -2.40. The maximum atomic E-state index is 13.5. The quantitative estimate of drug-likeness (QED) is 0.274. The SMILES string of the molecule is CSCC[C@H](NC(=O)c1ccc(CN(Cc2ccccc2)C2(C)C=NC=CN2)cc1-c1ccccc1C)C(=O)O. The maximum absolute atomic E-state index is 13.5. The number of thioether (sulfide) groups is 1. The Morgan fingerprint density at radius 2 is 1.75 bits per heavy atom. The van der Waals surface area contributed by atoms with Gasteiger partial charge in [0, 0.05) is 37.3 Å². The van der Waals surface area contributed by atoms with Gasteiger partial charge in [0.1, 0.15) is 11.7 Å². The lowest BCUT2D eigenvalue weighted by molar-refractivity contribution is -0.139. The summed E-state index contributed by atoms with van der Waals surface area (Å²) in [6, 6.07) is 23.1. The summed E-state index contributed by atoms with van der Waals surface area (Å²) in [6.45, 7) is 5.37. The van der Waals surface area contributed by atoms with Gasteiger partial charge >= 0.3 is 5.97 Å². The molecule has 1 amide bonds. The summed E-state index contributed by atoms with van der Waals surface area (Å²) in [5.41, 5.74) is 4.88. The maximum Gasteiger partial charge on any atom is 0.326 e. The van der Waals surface area contributed by atoms with Crippen molar-refractivity contribution in [3.8, 4) is 11.1 Å². The Balaban J connectivity index is 1.71. The molecule has 8 heteroatoms. The van der Waals surface area contributed by atoms with Gasteiger partial charge in [0.2, 0.25) is 0 Å². The zero-order valence-corrected chi connectivity index (χ0v) is 23.9. The third-order valence-corrected chi connectivity index (χ3v) is 7.73. The molecule has 1 aliphatic heterocycles. The fourth-order valence-corrected chi connectivity index (χ4v) is 5.24. The molecule has 3 aromatic carbocycles. The number of nitrogens with one attached hydrogen (secondary N) is 2. The second-order valence-corrected chi connectivity index (χ2v) is 11.1. The van der Waals surface area contributed by atoms with Crippen LogP contribution in [0.2, 0.25) is 0 Å². The molecular weight excluding hydrogens is 520 g/mol. The minimum absolute atomic E-state index is 0.357. The predicted molar refractivity (Wildman–Crippen MR) is 163 cm³/mol. The number of aliphatic carboxylic acids is 1. The van der Waals surface area contributed by atoms with Gasteiger partial charge in [-0.1, -0.05) is 60.7 Å². The van der Waals surface area contributed by atoms with Crippen molar-refractivity contribution in [2.24, 2.45) is 4.99 Å². The van der Waals surface area contributed by atoms with Gasteiger partial charge in [0.05, 0.1) is 0 Å². The number of amides is 1. The second-order valence-electron chi connectivity index (χ2n) is 10.1. The highest BCUT2D eigenvalue weighted by Crippen LogP contribution is 2.30. The Bertz CT molecular complexity index is 1390. The highest BCUT2D eigenvalue weighted by molar-refractivity contribution is 7.98. The number of benzene rings is 3. The number of aryl methyl sites for hydroxylation is 1. The third kappa shape index (κ3) is 7.20. The van der Waals surface area contributed by atoms with E-state index in [1.54, 1.807) is 18.0 Å². The average Bonchev–Trinajstić information content (AvgIpc) is 2.96. The molecule has 1 aliphatic rings. The number of hydrogen-bond donors (Lipinski definition) is 3. The van der Waals surface area contributed by atoms with Crippen LogP contribution in [0.3, 0.4) is 0 Å². The van der Waals surface area contributed by atoms with E-state index in [4.69, 9.17) is 0 Å². The molecule has 0 radical (unpaired) electrons.